The van der Waals surface area contributed by atoms with E-state index < -0.39 is 38.9 Å². The van der Waals surface area contributed by atoms with Gasteiger partial charge in [-0.1, -0.05) is 62.3 Å². The van der Waals surface area contributed by atoms with Gasteiger partial charge in [-0.15, -0.1) is 0 Å². The number of likely N-dealkylation sites (N-methyl/N-ethyl adjacent to an activating group) is 2. The van der Waals surface area contributed by atoms with Crippen LogP contribution in [0.25, 0.3) is 0 Å². The topological polar surface area (TPSA) is 260 Å². The molecule has 106 heavy (non-hydrogen) atoms. The number of carbonyl (C=O) groups excluding carboxylic acids is 7. The Labute approximate surface area is 648 Å². The summed E-state index contributed by atoms with van der Waals surface area (Å²) in [6.45, 7) is 22.2. The summed E-state index contributed by atoms with van der Waals surface area (Å²) in [7, 11) is 8.54. The van der Waals surface area contributed by atoms with E-state index in [-0.39, 0.29) is 58.9 Å². The number of anilines is 2. The van der Waals surface area contributed by atoms with Gasteiger partial charge >= 0.3 is 18.4 Å². The van der Waals surface area contributed by atoms with Crippen molar-refractivity contribution in [3.05, 3.63) is 90.5 Å². The van der Waals surface area contributed by atoms with Crippen molar-refractivity contribution in [2.24, 2.45) is 21.7 Å². The van der Waals surface area contributed by atoms with Crippen molar-refractivity contribution in [3.8, 4) is 17.2 Å². The molecule has 3 aromatic carbocycles. The van der Waals surface area contributed by atoms with Gasteiger partial charge in [0, 0.05) is 107 Å². The van der Waals surface area contributed by atoms with Crippen molar-refractivity contribution >= 4 is 115 Å². The average molecular weight is 1630 g/mol. The molecular formula is C74H104BrCl4F3N12O12. The van der Waals surface area contributed by atoms with E-state index in [1.165, 1.54) is 14.0 Å². The molecule has 5 N–H and O–H groups in total. The molecule has 4 spiro atoms. The molecule has 4 aromatic rings. The molecule has 32 heteroatoms. The Morgan fingerprint density at radius 1 is 0.528 bits per heavy atom. The van der Waals surface area contributed by atoms with Gasteiger partial charge in [0.25, 0.3) is 0 Å². The Bertz CT molecular complexity index is 3690. The molecule has 9 heterocycles. The predicted octanol–water partition coefficient (Wildman–Crippen LogP) is 12.6. The van der Waals surface area contributed by atoms with Gasteiger partial charge < -0.3 is 74.8 Å². The van der Waals surface area contributed by atoms with Crippen LogP contribution in [0.2, 0.25) is 20.1 Å². The predicted molar refractivity (Wildman–Crippen MR) is 407 cm³/mol. The largest absolute Gasteiger partial charge is 0.495 e. The highest BCUT2D eigenvalue weighted by molar-refractivity contribution is 9.10. The zero-order valence-electron chi connectivity index (χ0n) is 62.8. The normalized spacial score (nSPS) is 19.1. The second-order valence-corrected chi connectivity index (χ2v) is 32.2. The number of ether oxygens (including phenoxy) is 5. The smallest absolute Gasteiger partial charge is 0.436 e. The number of likely N-dealkylation sites (tertiary alicyclic amines) is 3. The molecule has 0 aliphatic carbocycles. The van der Waals surface area contributed by atoms with Crippen LogP contribution in [-0.4, -0.2) is 204 Å². The molecule has 8 fully saturated rings. The number of carbonyl (C=O) groups is 7. The number of rotatable bonds is 10. The number of piperidine rings is 4. The number of benzene rings is 3. The van der Waals surface area contributed by atoms with Gasteiger partial charge in [-0.2, -0.15) is 18.3 Å². The van der Waals surface area contributed by atoms with Crippen LogP contribution in [0, 0.1) is 28.6 Å². The summed E-state index contributed by atoms with van der Waals surface area (Å²) in [6.07, 6.45) is 3.94. The number of nitrogens with one attached hydrogen (secondary N) is 5. The van der Waals surface area contributed by atoms with E-state index in [1.807, 2.05) is 78.7 Å². The monoisotopic (exact) mass is 1630 g/mol. The number of hydrogen-bond acceptors (Lipinski definition) is 16. The standard InChI is InChI=1S/C22H23Cl2F3N4O3.C20H27ClN2O4.C13H22N2O3.C8H14N2O.C7H6BrClO.C4H12N2/c1-13-18(24)19(22(25,26)27)28-31(13)12-17(32)29-8-5-21(6-9-29)7-10-30(20(21)33)14-3-4-15(23)16(11-14)34-2;1-19(2,3)27-18(25)22-10-7-20(8-11-22)9-12-23(17(20)24)14-5-6-15(21)16(13-14)26-4;1-12(2,3)18-11(17)15-8-5-13(6-9-15)4-7-14-10(13)16;11-7-8(3-6-10-7)1-4-9-5-2-8;1-10-7-4-5(8)2-3-6(7)9;1-5-3-4-6-2/h3-4,11H,5-10,12H2,1-2H3;5-6,13H,7-12H2,1-4H3;4-9H2,1-3H3,(H,14,16);9H,1-6H2,(H,10,11);2-4H,1H3;5-6H,3-4H2,1-2H3. The first kappa shape index (κ1) is 86.7. The van der Waals surface area contributed by atoms with Crippen LogP contribution in [0.4, 0.5) is 34.1 Å². The summed E-state index contributed by atoms with van der Waals surface area (Å²) in [4.78, 5) is 95.2. The molecule has 0 bridgehead atoms. The summed E-state index contributed by atoms with van der Waals surface area (Å²) >= 11 is 27.0. The number of halogens is 8. The Balaban J connectivity index is 0.000000193. The minimum Gasteiger partial charge on any atom is -0.495 e. The zero-order chi connectivity index (χ0) is 78.2. The lowest BCUT2D eigenvalue weighted by atomic mass is 9.77. The zero-order valence-corrected chi connectivity index (χ0v) is 67.5. The lowest BCUT2D eigenvalue weighted by Gasteiger charge is -2.38. The van der Waals surface area contributed by atoms with Crippen molar-refractivity contribution in [1.82, 2.24) is 51.1 Å². The molecule has 0 saturated carbocycles. The number of aromatic nitrogens is 2. The first-order chi connectivity index (χ1) is 49.9. The molecule has 7 amide bonds. The summed E-state index contributed by atoms with van der Waals surface area (Å²) in [5.74, 6) is 1.93. The fourth-order valence-electron chi connectivity index (χ4n) is 14.0. The molecular weight excluding hydrogens is 1530 g/mol. The van der Waals surface area contributed by atoms with Crippen LogP contribution < -0.4 is 50.6 Å². The van der Waals surface area contributed by atoms with Crippen LogP contribution >= 0.6 is 62.3 Å². The number of hydrogen-bond donors (Lipinski definition) is 5. The first-order valence-corrected chi connectivity index (χ1v) is 38.1. The first-order valence-electron chi connectivity index (χ1n) is 35.8. The highest BCUT2D eigenvalue weighted by Crippen LogP contribution is 2.47. The fourth-order valence-corrected chi connectivity index (χ4v) is 15.2. The number of nitrogens with zero attached hydrogens (tertiary/aromatic N) is 7. The van der Waals surface area contributed by atoms with Gasteiger partial charge in [0.15, 0.2) is 5.69 Å². The SMILES string of the molecule is CC(C)(C)OC(=O)N1CCC2(CCNC2=O)CC1.CNCCNC.COc1cc(Br)ccc1Cl.COc1cc(N2CCC3(CCN(C(=O)Cn4nc(C(F)(F)F)c(Cl)c4C)CC3)C2=O)ccc1Cl.COc1cc(N2CCC3(CCN(C(=O)OC(C)(C)C)CC3)C2=O)ccc1Cl.O=C1NCCC12CCNCC2. The van der Waals surface area contributed by atoms with E-state index in [0.717, 1.165) is 99.1 Å². The van der Waals surface area contributed by atoms with Gasteiger partial charge in [-0.05, 0) is 195 Å². The minimum absolute atomic E-state index is 0.00602. The van der Waals surface area contributed by atoms with Crippen molar-refractivity contribution in [2.75, 3.05) is 137 Å². The maximum absolute atomic E-state index is 13.3. The van der Waals surface area contributed by atoms with Gasteiger partial charge in [0.05, 0.1) is 68.8 Å². The third-order valence-electron chi connectivity index (χ3n) is 20.5. The summed E-state index contributed by atoms with van der Waals surface area (Å²) in [6, 6.07) is 16.0. The molecule has 588 valence electrons. The highest BCUT2D eigenvalue weighted by atomic mass is 79.9. The van der Waals surface area contributed by atoms with E-state index in [0.29, 0.717) is 128 Å². The molecule has 1 aromatic heterocycles. The second-order valence-electron chi connectivity index (χ2n) is 29.6. The van der Waals surface area contributed by atoms with Crippen molar-refractivity contribution in [2.45, 2.75) is 149 Å². The maximum Gasteiger partial charge on any atom is 0.436 e. The van der Waals surface area contributed by atoms with Gasteiger partial charge in [0.1, 0.15) is 35.0 Å². The number of amides is 7. The molecule has 12 rings (SSSR count). The van der Waals surface area contributed by atoms with Gasteiger partial charge in [-0.3, -0.25) is 28.7 Å². The van der Waals surface area contributed by atoms with Crippen LogP contribution in [0.3, 0.4) is 0 Å². The van der Waals surface area contributed by atoms with Crippen molar-refractivity contribution in [3.63, 3.8) is 0 Å². The molecule has 0 atom stereocenters. The van der Waals surface area contributed by atoms with Gasteiger partial charge in [0.2, 0.25) is 29.5 Å². The summed E-state index contributed by atoms with van der Waals surface area (Å²) < 4.78 is 67.4. The summed E-state index contributed by atoms with van der Waals surface area (Å²) in [5.41, 5.74) is -1.77. The van der Waals surface area contributed by atoms with Crippen LogP contribution in [-0.2, 0) is 46.2 Å². The lowest BCUT2D eigenvalue weighted by molar-refractivity contribution is -0.142. The molecule has 0 radical (unpaired) electrons. The fraction of sp³-hybridized carbons (Fsp3) is 0.622. The number of alkyl halides is 3. The summed E-state index contributed by atoms with van der Waals surface area (Å²) in [5, 5.41) is 19.7. The van der Waals surface area contributed by atoms with E-state index >= 15 is 0 Å². The van der Waals surface area contributed by atoms with Crippen LogP contribution in [0.15, 0.2) is 59.1 Å². The Morgan fingerprint density at radius 2 is 0.887 bits per heavy atom. The molecule has 8 aliphatic heterocycles. The second kappa shape index (κ2) is 37.7. The molecule has 8 saturated heterocycles. The number of methoxy groups -OCH3 is 3. The van der Waals surface area contributed by atoms with E-state index in [4.69, 9.17) is 70.1 Å². The average Bonchev–Trinajstić information content (AvgIpc) is 1.61. The Hall–Kier alpha value is -6.53. The molecule has 24 nitrogen and oxygen atoms in total. The van der Waals surface area contributed by atoms with E-state index in [9.17, 15) is 46.7 Å². The lowest BCUT2D eigenvalue weighted by Crippen LogP contribution is -2.48. The van der Waals surface area contributed by atoms with Crippen LogP contribution in [0.5, 0.6) is 17.2 Å². The molecule has 0 unspecified atom stereocenters. The Kier molecular flexibility index (Phi) is 30.9. The maximum atomic E-state index is 13.3. The van der Waals surface area contributed by atoms with Crippen LogP contribution in [0.1, 0.15) is 130 Å². The van der Waals surface area contributed by atoms with Crippen molar-refractivity contribution in [1.29, 1.82) is 0 Å². The third kappa shape index (κ3) is 22.3. The van der Waals surface area contributed by atoms with E-state index in [1.54, 1.807) is 70.2 Å². The highest BCUT2D eigenvalue weighted by Gasteiger charge is 2.52. The minimum atomic E-state index is -4.70. The molecule has 8 aliphatic rings. The van der Waals surface area contributed by atoms with E-state index in [2.05, 4.69) is 47.6 Å². The van der Waals surface area contributed by atoms with Crippen molar-refractivity contribution < 1.29 is 70.4 Å². The van der Waals surface area contributed by atoms with Gasteiger partial charge in [-0.25, -0.2) is 9.59 Å². The quantitative estimate of drug-likeness (QED) is 0.0925. The Morgan fingerprint density at radius 3 is 1.24 bits per heavy atom. The third-order valence-corrected chi connectivity index (χ3v) is 22.3.